The molecule has 176 valence electrons. The van der Waals surface area contributed by atoms with Gasteiger partial charge in [0, 0.05) is 39.0 Å². The fraction of sp³-hybridized carbons (Fsp3) is 0. The van der Waals surface area contributed by atoms with Crippen LogP contribution in [0.5, 0.6) is 0 Å². The summed E-state index contributed by atoms with van der Waals surface area (Å²) >= 11 is 0. The molecule has 0 N–H and O–H groups in total. The number of furan rings is 1. The molecule has 0 saturated carbocycles. The molecule has 5 aromatic carbocycles. The Hall–Kier alpha value is -5.83. The fourth-order valence-corrected chi connectivity index (χ4v) is 4.74. The van der Waals surface area contributed by atoms with E-state index in [1.165, 1.54) is 0 Å². The molecule has 6 aromatic rings. The predicted octanol–water partition coefficient (Wildman–Crippen LogP) is 9.70. The Morgan fingerprint density at radius 3 is 2.05 bits per heavy atom. The van der Waals surface area contributed by atoms with Crippen molar-refractivity contribution in [2.24, 2.45) is 0 Å². The van der Waals surface area contributed by atoms with E-state index in [4.69, 9.17) is 17.6 Å². The first-order valence-electron chi connectivity index (χ1n) is 11.9. The third kappa shape index (κ3) is 3.90. The van der Waals surface area contributed by atoms with E-state index in [2.05, 4.69) is 34.0 Å². The van der Waals surface area contributed by atoms with Crippen molar-refractivity contribution in [3.63, 3.8) is 0 Å². The average Bonchev–Trinajstić information content (AvgIpc) is 3.37. The van der Waals surface area contributed by atoms with Gasteiger partial charge in [0.2, 0.25) is 0 Å². The minimum atomic E-state index is 0.384. The predicted molar refractivity (Wildman–Crippen MR) is 151 cm³/mol. The van der Waals surface area contributed by atoms with E-state index in [0.29, 0.717) is 22.6 Å². The monoisotopic (exact) mass is 486 g/mol. The zero-order valence-electron chi connectivity index (χ0n) is 20.1. The molecule has 1 aromatic heterocycles. The average molecular weight is 487 g/mol. The van der Waals surface area contributed by atoms with Crippen molar-refractivity contribution in [1.29, 1.82) is 5.26 Å². The summed E-state index contributed by atoms with van der Waals surface area (Å²) < 4.78 is 6.23. The van der Waals surface area contributed by atoms with Crippen LogP contribution in [0.15, 0.2) is 114 Å². The number of para-hydroxylation sites is 2. The molecular formula is C33H18N4O. The highest BCUT2D eigenvalue weighted by molar-refractivity contribution is 6.09. The number of benzene rings is 5. The van der Waals surface area contributed by atoms with Crippen LogP contribution >= 0.6 is 0 Å². The van der Waals surface area contributed by atoms with Crippen LogP contribution < -0.4 is 4.90 Å². The lowest BCUT2D eigenvalue weighted by Gasteiger charge is -2.26. The van der Waals surface area contributed by atoms with Gasteiger partial charge in [0.25, 0.3) is 0 Å². The van der Waals surface area contributed by atoms with Crippen LogP contribution in [0, 0.1) is 24.5 Å². The smallest absolute Gasteiger partial charge is 0.190 e. The van der Waals surface area contributed by atoms with Gasteiger partial charge in [-0.3, -0.25) is 0 Å². The molecule has 6 rings (SSSR count). The minimum absolute atomic E-state index is 0.384. The third-order valence-corrected chi connectivity index (χ3v) is 6.50. The highest BCUT2D eigenvalue weighted by Crippen LogP contribution is 2.40. The highest BCUT2D eigenvalue weighted by Gasteiger charge is 2.16. The largest absolute Gasteiger partial charge is 0.455 e. The maximum Gasteiger partial charge on any atom is 0.190 e. The zero-order valence-corrected chi connectivity index (χ0v) is 20.1. The van der Waals surface area contributed by atoms with Crippen LogP contribution in [0.3, 0.4) is 0 Å². The molecular weight excluding hydrogens is 468 g/mol. The molecule has 0 spiro atoms. The van der Waals surface area contributed by atoms with Gasteiger partial charge in [-0.25, -0.2) is 9.69 Å². The number of fused-ring (bicyclic) bond motifs is 3. The summed E-state index contributed by atoms with van der Waals surface area (Å²) in [6.45, 7) is 14.8. The van der Waals surface area contributed by atoms with Crippen LogP contribution in [0.25, 0.3) is 42.8 Å². The number of nitrogens with zero attached hydrogens (tertiary/aromatic N) is 4. The van der Waals surface area contributed by atoms with Gasteiger partial charge in [0.15, 0.2) is 11.4 Å². The molecule has 0 bridgehead atoms. The SMILES string of the molecule is [C-]#[N+]c1ccc(N(c2ccc(-c3cccc4c3oc3ccccc34)cc2)c2cc(C#N)cc([N+]#[C-])c2)cc1. The third-order valence-electron chi connectivity index (χ3n) is 6.50. The first-order chi connectivity index (χ1) is 18.7. The first kappa shape index (κ1) is 22.6. The van der Waals surface area contributed by atoms with E-state index in [1.54, 1.807) is 30.3 Å². The zero-order chi connectivity index (χ0) is 26.1. The normalized spacial score (nSPS) is 10.6. The molecule has 0 saturated heterocycles. The van der Waals surface area contributed by atoms with E-state index >= 15 is 0 Å². The number of anilines is 3. The second-order valence-corrected chi connectivity index (χ2v) is 8.75. The fourth-order valence-electron chi connectivity index (χ4n) is 4.74. The number of nitriles is 1. The molecule has 38 heavy (non-hydrogen) atoms. The van der Waals surface area contributed by atoms with Crippen molar-refractivity contribution in [3.05, 3.63) is 138 Å². The van der Waals surface area contributed by atoms with Gasteiger partial charge in [-0.05, 0) is 54.1 Å². The van der Waals surface area contributed by atoms with Crippen molar-refractivity contribution in [2.45, 2.75) is 0 Å². The summed E-state index contributed by atoms with van der Waals surface area (Å²) in [5.74, 6) is 0. The minimum Gasteiger partial charge on any atom is -0.455 e. The summed E-state index contributed by atoms with van der Waals surface area (Å²) in [5.41, 5.74) is 7.40. The van der Waals surface area contributed by atoms with Crippen molar-refractivity contribution >= 4 is 50.4 Å². The van der Waals surface area contributed by atoms with Crippen molar-refractivity contribution in [1.82, 2.24) is 0 Å². The van der Waals surface area contributed by atoms with Gasteiger partial charge in [-0.2, -0.15) is 5.26 Å². The maximum absolute atomic E-state index is 9.56. The lowest BCUT2D eigenvalue weighted by molar-refractivity contribution is 0.670. The molecule has 5 nitrogen and oxygen atoms in total. The van der Waals surface area contributed by atoms with Gasteiger partial charge in [0.1, 0.15) is 11.2 Å². The molecule has 0 fully saturated rings. The molecule has 5 heteroatoms. The van der Waals surface area contributed by atoms with E-state index in [-0.39, 0.29) is 0 Å². The molecule has 0 radical (unpaired) electrons. The maximum atomic E-state index is 9.56. The summed E-state index contributed by atoms with van der Waals surface area (Å²) in [6.07, 6.45) is 0. The Morgan fingerprint density at radius 1 is 0.658 bits per heavy atom. The van der Waals surface area contributed by atoms with Gasteiger partial charge < -0.3 is 9.32 Å². The van der Waals surface area contributed by atoms with Crippen LogP contribution in [0.4, 0.5) is 28.4 Å². The quantitative estimate of drug-likeness (QED) is 0.233. The summed E-state index contributed by atoms with van der Waals surface area (Å²) in [7, 11) is 0. The standard InChI is InChI=1S/C33H18N4O/c1-35-24-12-16-27(17-13-24)37(28-19-22(21-34)18-25(20-28)36-2)26-14-10-23(11-15-26)29-7-5-8-31-30-6-3-4-9-32(30)38-33(29)31/h3-20H. The van der Waals surface area contributed by atoms with Crippen LogP contribution in [0.1, 0.15) is 5.56 Å². The Labute approximate surface area is 219 Å². The second-order valence-electron chi connectivity index (χ2n) is 8.75. The number of hydrogen-bond acceptors (Lipinski definition) is 3. The van der Waals surface area contributed by atoms with Crippen LogP contribution in [-0.2, 0) is 0 Å². The lowest BCUT2D eigenvalue weighted by Crippen LogP contribution is -2.10. The number of rotatable bonds is 4. The van der Waals surface area contributed by atoms with Crippen LogP contribution in [0.2, 0.25) is 0 Å². The summed E-state index contributed by atoms with van der Waals surface area (Å²) in [4.78, 5) is 9.04. The molecule has 0 aliphatic carbocycles. The Bertz CT molecular complexity index is 1910. The van der Waals surface area contributed by atoms with Gasteiger partial charge >= 0.3 is 0 Å². The van der Waals surface area contributed by atoms with Crippen molar-refractivity contribution < 1.29 is 4.42 Å². The molecule has 0 unspecified atom stereocenters. The summed E-state index contributed by atoms with van der Waals surface area (Å²) in [6, 6.07) is 36.8. The topological polar surface area (TPSA) is 48.9 Å². The molecule has 0 atom stereocenters. The number of hydrogen-bond donors (Lipinski definition) is 0. The molecule has 0 aliphatic heterocycles. The molecule has 0 amide bonds. The van der Waals surface area contributed by atoms with Gasteiger partial charge in [0.05, 0.1) is 19.2 Å². The van der Waals surface area contributed by atoms with Crippen LogP contribution in [-0.4, -0.2) is 0 Å². The highest BCUT2D eigenvalue weighted by atomic mass is 16.3. The molecule has 0 aliphatic rings. The van der Waals surface area contributed by atoms with E-state index < -0.39 is 0 Å². The lowest BCUT2D eigenvalue weighted by atomic mass is 10.0. The van der Waals surface area contributed by atoms with Crippen molar-refractivity contribution in [2.75, 3.05) is 4.90 Å². The molecule has 1 heterocycles. The van der Waals surface area contributed by atoms with E-state index in [0.717, 1.165) is 44.4 Å². The Morgan fingerprint density at radius 2 is 1.34 bits per heavy atom. The van der Waals surface area contributed by atoms with Gasteiger partial charge in [-0.15, -0.1) is 0 Å². The van der Waals surface area contributed by atoms with Crippen molar-refractivity contribution in [3.8, 4) is 17.2 Å². The van der Waals surface area contributed by atoms with E-state index in [1.807, 2.05) is 65.6 Å². The second kappa shape index (κ2) is 9.32. The van der Waals surface area contributed by atoms with E-state index in [9.17, 15) is 5.26 Å². The Balaban J connectivity index is 1.48. The summed E-state index contributed by atoms with van der Waals surface area (Å²) in [5, 5.41) is 11.7. The Kier molecular flexibility index (Phi) is 5.55. The first-order valence-corrected chi connectivity index (χ1v) is 11.9. The van der Waals surface area contributed by atoms with Gasteiger partial charge in [-0.1, -0.05) is 60.7 Å².